The van der Waals surface area contributed by atoms with Crippen LogP contribution in [-0.2, 0) is 17.1 Å². The molecule has 1 aliphatic heterocycles. The van der Waals surface area contributed by atoms with Crippen molar-refractivity contribution in [1.82, 2.24) is 0 Å². The fraction of sp³-hybridized carbons (Fsp3) is 0.200. The van der Waals surface area contributed by atoms with Crippen LogP contribution in [0.15, 0.2) is 54.6 Å². The van der Waals surface area contributed by atoms with Crippen molar-refractivity contribution in [1.29, 1.82) is 0 Å². The molecule has 0 amide bonds. The Hall–Kier alpha value is -1.80. The van der Waals surface area contributed by atoms with Gasteiger partial charge in [-0.05, 0) is 6.07 Å². The average molecular weight is 226 g/mol. The van der Waals surface area contributed by atoms with Gasteiger partial charge in [0.25, 0.3) is 0 Å². The number of hydrogen-bond acceptors (Lipinski definition) is 2. The lowest BCUT2D eigenvalue weighted by Crippen LogP contribution is -2.36. The van der Waals surface area contributed by atoms with Crippen molar-refractivity contribution in [3.8, 4) is 5.75 Å². The number of hydrogen-bond donors (Lipinski definition) is 0. The largest absolute Gasteiger partial charge is 0.458 e. The standard InChI is InChI=1S/C15H14O2/c1-15(13-8-3-2-4-9-13)16-11-12-7-5-6-10-14(12)17-15/h2-10H,11H2,1H3. The highest BCUT2D eigenvalue weighted by Gasteiger charge is 2.34. The van der Waals surface area contributed by atoms with Gasteiger partial charge in [-0.3, -0.25) is 0 Å². The summed E-state index contributed by atoms with van der Waals surface area (Å²) in [6, 6.07) is 18.0. The molecule has 1 atom stereocenters. The normalized spacial score (nSPS) is 22.6. The van der Waals surface area contributed by atoms with E-state index in [1.54, 1.807) is 0 Å². The maximum absolute atomic E-state index is 5.98. The molecule has 0 bridgehead atoms. The van der Waals surface area contributed by atoms with Crippen LogP contribution >= 0.6 is 0 Å². The van der Waals surface area contributed by atoms with Crippen molar-refractivity contribution < 1.29 is 9.47 Å². The third kappa shape index (κ3) is 1.81. The van der Waals surface area contributed by atoms with Crippen LogP contribution in [0.1, 0.15) is 18.1 Å². The fourth-order valence-corrected chi connectivity index (χ4v) is 2.06. The third-order valence-corrected chi connectivity index (χ3v) is 3.08. The topological polar surface area (TPSA) is 18.5 Å². The van der Waals surface area contributed by atoms with Gasteiger partial charge < -0.3 is 9.47 Å². The van der Waals surface area contributed by atoms with Gasteiger partial charge in [0.2, 0.25) is 5.79 Å². The molecular weight excluding hydrogens is 212 g/mol. The second kappa shape index (κ2) is 3.90. The van der Waals surface area contributed by atoms with E-state index < -0.39 is 5.79 Å². The van der Waals surface area contributed by atoms with E-state index in [9.17, 15) is 0 Å². The Morgan fingerprint density at radius 3 is 2.47 bits per heavy atom. The van der Waals surface area contributed by atoms with Crippen molar-refractivity contribution in [2.45, 2.75) is 19.3 Å². The molecule has 0 fully saturated rings. The fourth-order valence-electron chi connectivity index (χ4n) is 2.06. The van der Waals surface area contributed by atoms with Gasteiger partial charge >= 0.3 is 0 Å². The molecule has 2 aromatic rings. The van der Waals surface area contributed by atoms with Gasteiger partial charge in [-0.15, -0.1) is 0 Å². The minimum absolute atomic E-state index is 0.585. The van der Waals surface area contributed by atoms with Crippen LogP contribution in [0.5, 0.6) is 5.75 Å². The third-order valence-electron chi connectivity index (χ3n) is 3.08. The van der Waals surface area contributed by atoms with Gasteiger partial charge in [-0.2, -0.15) is 0 Å². The first-order valence-corrected chi connectivity index (χ1v) is 5.74. The molecule has 0 N–H and O–H groups in total. The minimum atomic E-state index is -0.685. The molecule has 17 heavy (non-hydrogen) atoms. The first kappa shape index (κ1) is 10.4. The predicted molar refractivity (Wildman–Crippen MR) is 65.7 cm³/mol. The number of benzene rings is 2. The molecule has 3 rings (SSSR count). The van der Waals surface area contributed by atoms with Crippen molar-refractivity contribution >= 4 is 0 Å². The number of ether oxygens (including phenoxy) is 2. The summed E-state index contributed by atoms with van der Waals surface area (Å²) in [6.07, 6.45) is 0. The Bertz CT molecular complexity index is 521. The van der Waals surface area contributed by atoms with Gasteiger partial charge in [-0.25, -0.2) is 0 Å². The molecule has 86 valence electrons. The molecule has 1 unspecified atom stereocenters. The average Bonchev–Trinajstić information content (AvgIpc) is 2.40. The Morgan fingerprint density at radius 2 is 1.65 bits per heavy atom. The molecule has 0 aliphatic carbocycles. The summed E-state index contributed by atoms with van der Waals surface area (Å²) in [5, 5.41) is 0. The van der Waals surface area contributed by atoms with E-state index in [4.69, 9.17) is 9.47 Å². The van der Waals surface area contributed by atoms with Crippen molar-refractivity contribution in [2.75, 3.05) is 0 Å². The molecule has 0 spiro atoms. The first-order chi connectivity index (χ1) is 8.28. The lowest BCUT2D eigenvalue weighted by Gasteiger charge is -2.35. The molecule has 0 radical (unpaired) electrons. The zero-order chi connectivity index (χ0) is 11.7. The van der Waals surface area contributed by atoms with E-state index in [-0.39, 0.29) is 0 Å². The van der Waals surface area contributed by atoms with Gasteiger partial charge in [0, 0.05) is 18.1 Å². The molecule has 2 aromatic carbocycles. The van der Waals surface area contributed by atoms with Crippen molar-refractivity contribution in [3.63, 3.8) is 0 Å². The van der Waals surface area contributed by atoms with E-state index in [0.29, 0.717) is 6.61 Å². The van der Waals surface area contributed by atoms with Crippen molar-refractivity contribution in [2.24, 2.45) is 0 Å². The smallest absolute Gasteiger partial charge is 0.234 e. The van der Waals surface area contributed by atoms with Gasteiger partial charge in [0.05, 0.1) is 6.61 Å². The Labute approximate surface area is 101 Å². The molecular formula is C15H14O2. The SMILES string of the molecule is CC1(c2ccccc2)OCc2ccccc2O1. The van der Waals surface area contributed by atoms with E-state index in [1.165, 1.54) is 0 Å². The lowest BCUT2D eigenvalue weighted by atomic mass is 10.1. The van der Waals surface area contributed by atoms with Gasteiger partial charge in [0.15, 0.2) is 0 Å². The zero-order valence-corrected chi connectivity index (χ0v) is 9.72. The summed E-state index contributed by atoms with van der Waals surface area (Å²) < 4.78 is 11.8. The maximum atomic E-state index is 5.98. The monoisotopic (exact) mass is 226 g/mol. The summed E-state index contributed by atoms with van der Waals surface area (Å²) in [6.45, 7) is 2.54. The van der Waals surface area contributed by atoms with Crippen LogP contribution in [-0.4, -0.2) is 0 Å². The highest BCUT2D eigenvalue weighted by Crippen LogP contribution is 2.36. The molecule has 2 heteroatoms. The summed E-state index contributed by atoms with van der Waals surface area (Å²) >= 11 is 0. The summed E-state index contributed by atoms with van der Waals surface area (Å²) in [5.74, 6) is 0.223. The Kier molecular flexibility index (Phi) is 2.37. The van der Waals surface area contributed by atoms with Crippen LogP contribution in [0.25, 0.3) is 0 Å². The van der Waals surface area contributed by atoms with Crippen molar-refractivity contribution in [3.05, 3.63) is 65.7 Å². The first-order valence-electron chi connectivity index (χ1n) is 5.74. The molecule has 0 aromatic heterocycles. The second-order valence-electron chi connectivity index (χ2n) is 4.31. The molecule has 2 nitrogen and oxygen atoms in total. The Morgan fingerprint density at radius 1 is 0.941 bits per heavy atom. The van der Waals surface area contributed by atoms with E-state index >= 15 is 0 Å². The minimum Gasteiger partial charge on any atom is -0.458 e. The van der Waals surface area contributed by atoms with E-state index in [2.05, 4.69) is 0 Å². The van der Waals surface area contributed by atoms with E-state index in [1.807, 2.05) is 61.5 Å². The Balaban J connectivity index is 1.98. The van der Waals surface area contributed by atoms with Crippen LogP contribution in [0.3, 0.4) is 0 Å². The quantitative estimate of drug-likeness (QED) is 0.741. The van der Waals surface area contributed by atoms with E-state index in [0.717, 1.165) is 16.9 Å². The number of para-hydroxylation sites is 1. The van der Waals surface area contributed by atoms with Crippen LogP contribution < -0.4 is 4.74 Å². The molecule has 1 aliphatic rings. The summed E-state index contributed by atoms with van der Waals surface area (Å²) in [5.41, 5.74) is 2.13. The summed E-state index contributed by atoms with van der Waals surface area (Å²) in [4.78, 5) is 0. The van der Waals surface area contributed by atoms with Crippen LogP contribution in [0.4, 0.5) is 0 Å². The number of rotatable bonds is 1. The van der Waals surface area contributed by atoms with Crippen LogP contribution in [0.2, 0.25) is 0 Å². The maximum Gasteiger partial charge on any atom is 0.234 e. The van der Waals surface area contributed by atoms with Gasteiger partial charge in [-0.1, -0.05) is 48.5 Å². The number of fused-ring (bicyclic) bond motifs is 1. The molecule has 0 saturated carbocycles. The molecule has 1 heterocycles. The predicted octanol–water partition coefficient (Wildman–Crippen LogP) is 3.47. The lowest BCUT2D eigenvalue weighted by molar-refractivity contribution is -0.201. The summed E-state index contributed by atoms with van der Waals surface area (Å²) in [7, 11) is 0. The van der Waals surface area contributed by atoms with Gasteiger partial charge in [0.1, 0.15) is 5.75 Å². The highest BCUT2D eigenvalue weighted by atomic mass is 16.7. The highest BCUT2D eigenvalue weighted by molar-refractivity contribution is 5.35. The molecule has 0 saturated heterocycles. The zero-order valence-electron chi connectivity index (χ0n) is 9.72. The second-order valence-corrected chi connectivity index (χ2v) is 4.31. The van der Waals surface area contributed by atoms with Crippen LogP contribution in [0, 0.1) is 0 Å².